The molecule has 4 aliphatic heterocycles. The molecular formula is C36H32F4N6O3. The first-order valence-electron chi connectivity index (χ1n) is 16.3. The van der Waals surface area contributed by atoms with Gasteiger partial charge in [-0.25, -0.2) is 17.6 Å². The molecule has 4 aliphatic rings. The largest absolute Gasteiger partial charge is 0.508 e. The van der Waals surface area contributed by atoms with Crippen LogP contribution in [0.15, 0.2) is 43.1 Å². The van der Waals surface area contributed by atoms with E-state index in [1.54, 1.807) is 4.90 Å². The van der Waals surface area contributed by atoms with E-state index in [0.717, 1.165) is 44.8 Å². The van der Waals surface area contributed by atoms with Gasteiger partial charge in [-0.2, -0.15) is 9.97 Å². The minimum atomic E-state index is -3.16. The van der Waals surface area contributed by atoms with E-state index in [1.165, 1.54) is 35.4 Å². The number of phenols is 1. The molecule has 4 fully saturated rings. The summed E-state index contributed by atoms with van der Waals surface area (Å²) in [5, 5.41) is 11.2. The zero-order chi connectivity index (χ0) is 34.2. The number of aromatic hydroxyl groups is 1. The summed E-state index contributed by atoms with van der Waals surface area (Å²) in [4.78, 5) is 31.3. The highest BCUT2D eigenvalue weighted by Crippen LogP contribution is 2.45. The molecule has 13 heteroatoms. The van der Waals surface area contributed by atoms with Crippen LogP contribution in [0.25, 0.3) is 32.9 Å². The quantitative estimate of drug-likeness (QED) is 0.165. The zero-order valence-electron chi connectivity index (χ0n) is 26.4. The van der Waals surface area contributed by atoms with Crippen LogP contribution in [0, 0.1) is 24.0 Å². The number of anilines is 1. The number of carbonyl (C=O) groups is 1. The SMILES string of the molecule is C#Cc1c(F)ccc2cc(O)cc(-c3ncc4c(N5C[C@@H]6CC(F)(F)[C@H](C5)N6C(=O)C=C)nc(OCC56CCCN5CCC6)nc4c3F)c12. The number of piperazine rings is 1. The van der Waals surface area contributed by atoms with E-state index in [4.69, 9.17) is 11.2 Å². The number of fused-ring (bicyclic) bond motifs is 5. The van der Waals surface area contributed by atoms with Crippen LogP contribution < -0.4 is 9.64 Å². The van der Waals surface area contributed by atoms with Gasteiger partial charge in [0.25, 0.3) is 5.92 Å². The molecule has 8 rings (SSSR count). The summed E-state index contributed by atoms with van der Waals surface area (Å²) >= 11 is 0. The first-order valence-corrected chi connectivity index (χ1v) is 16.3. The summed E-state index contributed by atoms with van der Waals surface area (Å²) in [7, 11) is 0. The average molecular weight is 673 g/mol. The highest BCUT2D eigenvalue weighted by atomic mass is 19.3. The van der Waals surface area contributed by atoms with Gasteiger partial charge in [-0.1, -0.05) is 18.6 Å². The Morgan fingerprint density at radius 3 is 2.65 bits per heavy atom. The highest BCUT2D eigenvalue weighted by Gasteiger charge is 2.59. The smallest absolute Gasteiger partial charge is 0.319 e. The molecule has 0 radical (unpaired) electrons. The molecule has 49 heavy (non-hydrogen) atoms. The molecule has 2 aromatic heterocycles. The van der Waals surface area contributed by atoms with E-state index in [9.17, 15) is 14.3 Å². The van der Waals surface area contributed by atoms with Crippen LogP contribution in [-0.4, -0.2) is 92.1 Å². The van der Waals surface area contributed by atoms with Gasteiger partial charge in [0.1, 0.15) is 41.2 Å². The third kappa shape index (κ3) is 4.87. The van der Waals surface area contributed by atoms with Crippen molar-refractivity contribution in [2.24, 2.45) is 0 Å². The van der Waals surface area contributed by atoms with E-state index in [0.29, 0.717) is 5.39 Å². The van der Waals surface area contributed by atoms with Gasteiger partial charge < -0.3 is 19.6 Å². The number of alkyl halides is 2. The van der Waals surface area contributed by atoms with Crippen LogP contribution in [0.2, 0.25) is 0 Å². The number of benzene rings is 2. The number of amides is 1. The maximum atomic E-state index is 16.9. The van der Waals surface area contributed by atoms with E-state index in [2.05, 4.69) is 32.4 Å². The Morgan fingerprint density at radius 2 is 1.94 bits per heavy atom. The van der Waals surface area contributed by atoms with Gasteiger partial charge in [-0.15, -0.1) is 6.42 Å². The summed E-state index contributed by atoms with van der Waals surface area (Å²) in [6, 6.07) is 2.81. The molecule has 0 saturated carbocycles. The molecule has 252 valence electrons. The topological polar surface area (TPSA) is 94.9 Å². The summed E-state index contributed by atoms with van der Waals surface area (Å²) in [6.07, 6.45) is 11.4. The minimum Gasteiger partial charge on any atom is -0.508 e. The molecule has 4 aromatic rings. The molecule has 4 saturated heterocycles. The monoisotopic (exact) mass is 672 g/mol. The Morgan fingerprint density at radius 1 is 1.16 bits per heavy atom. The van der Waals surface area contributed by atoms with Crippen LogP contribution in [0.5, 0.6) is 11.8 Å². The Kier molecular flexibility index (Phi) is 7.22. The van der Waals surface area contributed by atoms with Crippen LogP contribution in [0.3, 0.4) is 0 Å². The number of halogens is 4. The lowest BCUT2D eigenvalue weighted by Gasteiger charge is -2.41. The van der Waals surface area contributed by atoms with Crippen LogP contribution in [0.4, 0.5) is 23.4 Å². The van der Waals surface area contributed by atoms with Gasteiger partial charge in [-0.3, -0.25) is 14.7 Å². The van der Waals surface area contributed by atoms with Crippen molar-refractivity contribution < 1.29 is 32.2 Å². The van der Waals surface area contributed by atoms with Crippen LogP contribution in [-0.2, 0) is 4.79 Å². The number of nitrogens with zero attached hydrogens (tertiary/aromatic N) is 6. The van der Waals surface area contributed by atoms with Gasteiger partial charge in [0, 0.05) is 36.7 Å². The van der Waals surface area contributed by atoms with Crippen molar-refractivity contribution in [1.29, 1.82) is 0 Å². The predicted molar refractivity (Wildman–Crippen MR) is 174 cm³/mol. The van der Waals surface area contributed by atoms with Crippen molar-refractivity contribution in [1.82, 2.24) is 24.8 Å². The number of ether oxygens (including phenoxy) is 1. The summed E-state index contributed by atoms with van der Waals surface area (Å²) in [5.74, 6) is -3.11. The second kappa shape index (κ2) is 11.3. The molecule has 9 nitrogen and oxygen atoms in total. The Bertz CT molecular complexity index is 2090. The van der Waals surface area contributed by atoms with E-state index in [1.807, 2.05) is 0 Å². The molecule has 0 aliphatic carbocycles. The maximum absolute atomic E-state index is 16.9. The molecule has 1 amide bonds. The van der Waals surface area contributed by atoms with Crippen molar-refractivity contribution in [3.63, 3.8) is 0 Å². The number of phenolic OH excluding ortho intramolecular Hbond substituents is 1. The number of aromatic nitrogens is 3. The third-order valence-corrected chi connectivity index (χ3v) is 10.7. The second-order valence-electron chi connectivity index (χ2n) is 13.4. The van der Waals surface area contributed by atoms with Gasteiger partial charge >= 0.3 is 6.01 Å². The van der Waals surface area contributed by atoms with Crippen molar-refractivity contribution in [3.05, 3.63) is 60.3 Å². The van der Waals surface area contributed by atoms with Crippen molar-refractivity contribution in [2.75, 3.05) is 37.7 Å². The molecule has 2 bridgehead atoms. The summed E-state index contributed by atoms with van der Waals surface area (Å²) in [6.45, 7) is 5.39. The van der Waals surface area contributed by atoms with Crippen LogP contribution in [0.1, 0.15) is 37.7 Å². The Labute approximate surface area is 279 Å². The lowest BCUT2D eigenvalue weighted by molar-refractivity contribution is -0.132. The first kappa shape index (κ1) is 31.3. The normalized spacial score (nSPS) is 22.4. The summed E-state index contributed by atoms with van der Waals surface area (Å²) < 4.78 is 68.5. The zero-order valence-corrected chi connectivity index (χ0v) is 26.4. The van der Waals surface area contributed by atoms with Gasteiger partial charge in [0.2, 0.25) is 5.91 Å². The second-order valence-corrected chi connectivity index (χ2v) is 13.4. The molecule has 1 N–H and O–H groups in total. The number of carbonyl (C=O) groups excluding carboxylic acids is 1. The minimum absolute atomic E-state index is 0.000308. The Balaban J connectivity index is 1.28. The van der Waals surface area contributed by atoms with Gasteiger partial charge in [0.15, 0.2) is 5.82 Å². The predicted octanol–water partition coefficient (Wildman–Crippen LogP) is 5.43. The molecule has 6 heterocycles. The van der Waals surface area contributed by atoms with Crippen LogP contribution >= 0.6 is 0 Å². The third-order valence-electron chi connectivity index (χ3n) is 10.7. The number of pyridine rings is 1. The first-order chi connectivity index (χ1) is 23.5. The van der Waals surface area contributed by atoms with E-state index >= 15 is 13.2 Å². The number of hydrogen-bond acceptors (Lipinski definition) is 8. The molecule has 2 atom stereocenters. The van der Waals surface area contributed by atoms with E-state index < -0.39 is 42.0 Å². The standard InChI is InChI=1S/C36H32F4N6O3/c1-3-23-26(37)8-7-20-13-22(47)14-24(29(20)23)31-30(38)32-25(16-41-31)33(43-34(42-32)49-19-35-9-5-11-45(35)12-6-10-35)44-17-21-15-36(39,40)27(18-44)46(21)28(48)4-2/h1,4,7-8,13-14,16,21,27,47H,2,5-6,9-12,15,17-19H2/t21-,27-/m0/s1. The molecule has 2 aromatic carbocycles. The lowest BCUT2D eigenvalue weighted by Crippen LogP contribution is -2.58. The van der Waals surface area contributed by atoms with Crippen molar-refractivity contribution in [2.45, 2.75) is 55.6 Å². The highest BCUT2D eigenvalue weighted by molar-refractivity contribution is 6.03. The Hall–Kier alpha value is -4.96. The number of terminal acetylenes is 1. The fourth-order valence-electron chi connectivity index (χ4n) is 8.46. The lowest BCUT2D eigenvalue weighted by atomic mass is 9.95. The number of rotatable bonds is 6. The fraction of sp³-hybridized carbons (Fsp3) is 0.389. The van der Waals surface area contributed by atoms with Gasteiger partial charge in [0.05, 0.1) is 22.5 Å². The number of hydrogen-bond donors (Lipinski definition) is 1. The van der Waals surface area contributed by atoms with Gasteiger partial charge in [-0.05, 0) is 68.4 Å². The average Bonchev–Trinajstić information content (AvgIpc) is 3.71. The van der Waals surface area contributed by atoms with E-state index in [-0.39, 0.29) is 75.9 Å². The van der Waals surface area contributed by atoms with Crippen molar-refractivity contribution >= 4 is 33.4 Å². The van der Waals surface area contributed by atoms with Crippen molar-refractivity contribution in [3.8, 4) is 35.4 Å². The molecular weight excluding hydrogens is 640 g/mol. The molecule has 0 unspecified atom stereocenters. The summed E-state index contributed by atoms with van der Waals surface area (Å²) in [5.41, 5.74) is -0.716. The maximum Gasteiger partial charge on any atom is 0.319 e. The fourth-order valence-corrected chi connectivity index (χ4v) is 8.46. The molecule has 0 spiro atoms.